The van der Waals surface area contributed by atoms with Gasteiger partial charge in [-0.05, 0) is 42.5 Å². The zero-order valence-corrected chi connectivity index (χ0v) is 13.0. The lowest BCUT2D eigenvalue weighted by Gasteiger charge is -2.03. The molecule has 0 N–H and O–H groups in total. The van der Waals surface area contributed by atoms with Crippen LogP contribution in [0.25, 0.3) is 22.6 Å². The monoisotopic (exact) mass is 333 g/mol. The average Bonchev–Trinajstić information content (AvgIpc) is 3.06. The third-order valence-corrected chi connectivity index (χ3v) is 3.65. The van der Waals surface area contributed by atoms with Crippen molar-refractivity contribution >= 4 is 17.1 Å². The van der Waals surface area contributed by atoms with Gasteiger partial charge >= 0.3 is 5.97 Å². The van der Waals surface area contributed by atoms with Gasteiger partial charge in [-0.15, -0.1) is 0 Å². The summed E-state index contributed by atoms with van der Waals surface area (Å²) in [5, 5.41) is 0. The molecule has 0 unspecified atom stereocenters. The SMILES string of the molecule is O=C(Oc1ccc2nc(-c3ccccc3)oc2c1)c1cccc(F)c1. The van der Waals surface area contributed by atoms with Crippen LogP contribution in [0.5, 0.6) is 5.75 Å². The molecule has 0 bridgehead atoms. The standard InChI is InChI=1S/C20H12FNO3/c21-15-8-4-7-14(11-15)20(23)24-16-9-10-17-18(12-16)25-19(22-17)13-5-2-1-3-6-13/h1-12H. The molecule has 0 radical (unpaired) electrons. The Bertz CT molecular complexity index is 1060. The molecule has 0 saturated heterocycles. The minimum Gasteiger partial charge on any atom is -0.436 e. The fraction of sp³-hybridized carbons (Fsp3) is 0. The summed E-state index contributed by atoms with van der Waals surface area (Å²) >= 11 is 0. The zero-order valence-electron chi connectivity index (χ0n) is 13.0. The fourth-order valence-electron chi connectivity index (χ4n) is 2.45. The van der Waals surface area contributed by atoms with Crippen molar-refractivity contribution < 1.29 is 18.3 Å². The van der Waals surface area contributed by atoms with Gasteiger partial charge in [0.05, 0.1) is 5.56 Å². The number of carbonyl (C=O) groups excluding carboxylic acids is 1. The predicted molar refractivity (Wildman–Crippen MR) is 90.8 cm³/mol. The molecule has 0 atom stereocenters. The van der Waals surface area contributed by atoms with E-state index in [9.17, 15) is 9.18 Å². The molecule has 4 nitrogen and oxygen atoms in total. The number of oxazole rings is 1. The lowest BCUT2D eigenvalue weighted by atomic mass is 10.2. The minimum atomic E-state index is -0.637. The third kappa shape index (κ3) is 3.12. The summed E-state index contributed by atoms with van der Waals surface area (Å²) in [6, 6.07) is 19.8. The van der Waals surface area contributed by atoms with Crippen LogP contribution in [0.4, 0.5) is 4.39 Å². The van der Waals surface area contributed by atoms with Crippen LogP contribution >= 0.6 is 0 Å². The Labute approximate surface area is 142 Å². The maximum Gasteiger partial charge on any atom is 0.343 e. The van der Waals surface area contributed by atoms with Gasteiger partial charge in [-0.1, -0.05) is 24.3 Å². The molecular weight excluding hydrogens is 321 g/mol. The van der Waals surface area contributed by atoms with Gasteiger partial charge < -0.3 is 9.15 Å². The number of hydrogen-bond acceptors (Lipinski definition) is 4. The molecule has 5 heteroatoms. The maximum absolute atomic E-state index is 13.2. The van der Waals surface area contributed by atoms with Crippen molar-refractivity contribution in [2.75, 3.05) is 0 Å². The van der Waals surface area contributed by atoms with Crippen molar-refractivity contribution in [1.82, 2.24) is 4.98 Å². The topological polar surface area (TPSA) is 52.3 Å². The molecule has 0 aliphatic rings. The number of hydrogen-bond donors (Lipinski definition) is 0. The number of ether oxygens (including phenoxy) is 1. The normalized spacial score (nSPS) is 10.8. The summed E-state index contributed by atoms with van der Waals surface area (Å²) in [6.07, 6.45) is 0. The molecule has 1 heterocycles. The summed E-state index contributed by atoms with van der Waals surface area (Å²) in [5.74, 6) is -0.337. The number of rotatable bonds is 3. The molecule has 0 amide bonds. The van der Waals surface area contributed by atoms with Gasteiger partial charge in [0.25, 0.3) is 0 Å². The quantitative estimate of drug-likeness (QED) is 0.397. The summed E-state index contributed by atoms with van der Waals surface area (Å²) in [4.78, 5) is 16.5. The van der Waals surface area contributed by atoms with Crippen LogP contribution in [-0.4, -0.2) is 11.0 Å². The number of esters is 1. The average molecular weight is 333 g/mol. The Morgan fingerprint density at radius 2 is 1.80 bits per heavy atom. The molecule has 4 aromatic rings. The smallest absolute Gasteiger partial charge is 0.343 e. The van der Waals surface area contributed by atoms with Crippen LogP contribution in [0.2, 0.25) is 0 Å². The van der Waals surface area contributed by atoms with E-state index < -0.39 is 11.8 Å². The highest BCUT2D eigenvalue weighted by Gasteiger charge is 2.12. The van der Waals surface area contributed by atoms with Gasteiger partial charge in [-0.3, -0.25) is 0 Å². The van der Waals surface area contributed by atoms with Crippen molar-refractivity contribution in [2.24, 2.45) is 0 Å². The Hall–Kier alpha value is -3.47. The first-order chi connectivity index (χ1) is 12.2. The molecular formula is C20H12FNO3. The summed E-state index contributed by atoms with van der Waals surface area (Å²) < 4.78 is 24.2. The lowest BCUT2D eigenvalue weighted by molar-refractivity contribution is 0.0734. The largest absolute Gasteiger partial charge is 0.436 e. The molecule has 4 rings (SSSR count). The Kier molecular flexibility index (Phi) is 3.74. The molecule has 0 spiro atoms. The number of nitrogens with zero attached hydrogens (tertiary/aromatic N) is 1. The van der Waals surface area contributed by atoms with Crippen LogP contribution in [-0.2, 0) is 0 Å². The second-order valence-electron chi connectivity index (χ2n) is 5.41. The number of benzene rings is 3. The number of fused-ring (bicyclic) bond motifs is 1. The molecule has 3 aromatic carbocycles. The highest BCUT2D eigenvalue weighted by molar-refractivity contribution is 5.91. The van der Waals surface area contributed by atoms with E-state index in [1.165, 1.54) is 18.2 Å². The highest BCUT2D eigenvalue weighted by atomic mass is 19.1. The van der Waals surface area contributed by atoms with Crippen LogP contribution in [0.3, 0.4) is 0 Å². The van der Waals surface area contributed by atoms with Crippen LogP contribution in [0, 0.1) is 5.82 Å². The van der Waals surface area contributed by atoms with Crippen LogP contribution in [0.15, 0.2) is 77.2 Å². The van der Waals surface area contributed by atoms with Crippen LogP contribution < -0.4 is 4.74 Å². The van der Waals surface area contributed by atoms with E-state index in [-0.39, 0.29) is 5.56 Å². The maximum atomic E-state index is 13.2. The van der Waals surface area contributed by atoms with Gasteiger partial charge in [0, 0.05) is 11.6 Å². The number of carbonyl (C=O) groups is 1. The third-order valence-electron chi connectivity index (χ3n) is 3.65. The van der Waals surface area contributed by atoms with Gasteiger partial charge in [0.15, 0.2) is 5.58 Å². The number of halogens is 1. The molecule has 0 saturated carbocycles. The van der Waals surface area contributed by atoms with Crippen molar-refractivity contribution in [2.45, 2.75) is 0 Å². The van der Waals surface area contributed by atoms with Crippen LogP contribution in [0.1, 0.15) is 10.4 Å². The van der Waals surface area contributed by atoms with Gasteiger partial charge in [-0.2, -0.15) is 0 Å². The van der Waals surface area contributed by atoms with Crippen molar-refractivity contribution in [1.29, 1.82) is 0 Å². The predicted octanol–water partition coefficient (Wildman–Crippen LogP) is 4.85. The fourth-order valence-corrected chi connectivity index (χ4v) is 2.45. The van der Waals surface area contributed by atoms with E-state index in [1.807, 2.05) is 30.3 Å². The van der Waals surface area contributed by atoms with Crippen molar-refractivity contribution in [3.05, 3.63) is 84.2 Å². The van der Waals surface area contributed by atoms with Gasteiger partial charge in [-0.25, -0.2) is 14.2 Å². The molecule has 0 aliphatic carbocycles. The first kappa shape index (κ1) is 15.1. The summed E-state index contributed by atoms with van der Waals surface area (Å²) in [7, 11) is 0. The van der Waals surface area contributed by atoms with E-state index >= 15 is 0 Å². The van der Waals surface area contributed by atoms with Crippen molar-refractivity contribution in [3.63, 3.8) is 0 Å². The molecule has 25 heavy (non-hydrogen) atoms. The van der Waals surface area contributed by atoms with Gasteiger partial charge in [0.2, 0.25) is 5.89 Å². The minimum absolute atomic E-state index is 0.141. The molecule has 0 aliphatic heterocycles. The van der Waals surface area contributed by atoms with E-state index in [4.69, 9.17) is 9.15 Å². The van der Waals surface area contributed by atoms with E-state index in [2.05, 4.69) is 4.98 Å². The Morgan fingerprint density at radius 1 is 0.960 bits per heavy atom. The zero-order chi connectivity index (χ0) is 17.2. The first-order valence-corrected chi connectivity index (χ1v) is 7.63. The molecule has 1 aromatic heterocycles. The van der Waals surface area contributed by atoms with E-state index in [0.717, 1.165) is 11.6 Å². The van der Waals surface area contributed by atoms with Gasteiger partial charge in [0.1, 0.15) is 17.1 Å². The second kappa shape index (κ2) is 6.20. The lowest BCUT2D eigenvalue weighted by Crippen LogP contribution is -2.08. The number of aromatic nitrogens is 1. The Balaban J connectivity index is 1.62. The van der Waals surface area contributed by atoms with E-state index in [0.29, 0.717) is 22.7 Å². The summed E-state index contributed by atoms with van der Waals surface area (Å²) in [6.45, 7) is 0. The second-order valence-corrected chi connectivity index (χ2v) is 5.41. The molecule has 0 fully saturated rings. The Morgan fingerprint density at radius 3 is 2.60 bits per heavy atom. The molecule has 122 valence electrons. The first-order valence-electron chi connectivity index (χ1n) is 7.63. The summed E-state index contributed by atoms with van der Waals surface area (Å²) in [5.41, 5.74) is 2.16. The highest BCUT2D eigenvalue weighted by Crippen LogP contribution is 2.27. The van der Waals surface area contributed by atoms with E-state index in [1.54, 1.807) is 18.2 Å². The van der Waals surface area contributed by atoms with Crippen molar-refractivity contribution in [3.8, 4) is 17.2 Å².